The predicted octanol–water partition coefficient (Wildman–Crippen LogP) is 2.88. The van der Waals surface area contributed by atoms with E-state index in [0.29, 0.717) is 19.3 Å². The lowest BCUT2D eigenvalue weighted by Gasteiger charge is -2.21. The van der Waals surface area contributed by atoms with Gasteiger partial charge in [0, 0.05) is 13.2 Å². The Morgan fingerprint density at radius 3 is 2.45 bits per heavy atom. The Balaban J connectivity index is 2.58. The fourth-order valence-corrected chi connectivity index (χ4v) is 2.32. The average Bonchev–Trinajstić information content (AvgIpc) is 2.44. The molecule has 0 saturated heterocycles. The minimum absolute atomic E-state index is 0.367. The first-order valence-corrected chi connectivity index (χ1v) is 7.54. The largest absolute Gasteiger partial charge is 0.382 e. The van der Waals surface area contributed by atoms with Crippen LogP contribution in [0.5, 0.6) is 0 Å². The summed E-state index contributed by atoms with van der Waals surface area (Å²) in [5.74, 6) is 0. The molecule has 0 amide bonds. The third-order valence-corrected chi connectivity index (χ3v) is 3.53. The van der Waals surface area contributed by atoms with E-state index < -0.39 is 0 Å². The van der Waals surface area contributed by atoms with Crippen molar-refractivity contribution in [3.05, 3.63) is 34.9 Å². The van der Waals surface area contributed by atoms with Crippen LogP contribution < -0.4 is 5.32 Å². The second-order valence-electron chi connectivity index (χ2n) is 5.29. The summed E-state index contributed by atoms with van der Waals surface area (Å²) in [5.41, 5.74) is 4.17. The van der Waals surface area contributed by atoms with Crippen molar-refractivity contribution in [1.82, 2.24) is 5.32 Å². The lowest BCUT2D eigenvalue weighted by molar-refractivity contribution is 0.0587. The molecule has 1 rings (SSSR count). The van der Waals surface area contributed by atoms with Gasteiger partial charge in [-0.15, -0.1) is 0 Å². The SMILES string of the molecule is CCCNC(COCCOC)Cc1c(C)cccc1C. The van der Waals surface area contributed by atoms with Crippen LogP contribution in [0.25, 0.3) is 0 Å². The molecule has 3 nitrogen and oxygen atoms in total. The minimum Gasteiger partial charge on any atom is -0.382 e. The van der Waals surface area contributed by atoms with E-state index in [-0.39, 0.29) is 0 Å². The molecule has 1 aromatic rings. The van der Waals surface area contributed by atoms with Crippen molar-refractivity contribution in [2.75, 3.05) is 33.5 Å². The van der Waals surface area contributed by atoms with E-state index in [1.807, 2.05) is 0 Å². The molecule has 1 N–H and O–H groups in total. The van der Waals surface area contributed by atoms with E-state index in [1.165, 1.54) is 16.7 Å². The second kappa shape index (κ2) is 9.92. The van der Waals surface area contributed by atoms with Gasteiger partial charge in [-0.3, -0.25) is 0 Å². The van der Waals surface area contributed by atoms with E-state index in [9.17, 15) is 0 Å². The smallest absolute Gasteiger partial charge is 0.0701 e. The minimum atomic E-state index is 0.367. The highest BCUT2D eigenvalue weighted by atomic mass is 16.5. The summed E-state index contributed by atoms with van der Waals surface area (Å²) < 4.78 is 10.7. The Morgan fingerprint density at radius 1 is 1.15 bits per heavy atom. The van der Waals surface area contributed by atoms with Crippen molar-refractivity contribution < 1.29 is 9.47 Å². The summed E-state index contributed by atoms with van der Waals surface area (Å²) in [6.07, 6.45) is 2.16. The van der Waals surface area contributed by atoms with Crippen LogP contribution >= 0.6 is 0 Å². The normalized spacial score (nSPS) is 12.6. The van der Waals surface area contributed by atoms with Crippen LogP contribution in [0.4, 0.5) is 0 Å². The van der Waals surface area contributed by atoms with Crippen molar-refractivity contribution in [2.24, 2.45) is 0 Å². The van der Waals surface area contributed by atoms with E-state index in [2.05, 4.69) is 44.3 Å². The molecule has 0 fully saturated rings. The van der Waals surface area contributed by atoms with E-state index >= 15 is 0 Å². The van der Waals surface area contributed by atoms with E-state index in [1.54, 1.807) is 7.11 Å². The standard InChI is InChI=1S/C17H29NO2/c1-5-9-18-16(13-20-11-10-19-4)12-17-14(2)7-6-8-15(17)3/h6-8,16,18H,5,9-13H2,1-4H3. The zero-order valence-corrected chi connectivity index (χ0v) is 13.4. The Labute approximate surface area is 123 Å². The quantitative estimate of drug-likeness (QED) is 0.668. The third-order valence-electron chi connectivity index (χ3n) is 3.53. The van der Waals surface area contributed by atoms with Gasteiger partial charge in [-0.2, -0.15) is 0 Å². The first kappa shape index (κ1) is 17.2. The summed E-state index contributed by atoms with van der Waals surface area (Å²) in [5, 5.41) is 3.58. The molecular weight excluding hydrogens is 250 g/mol. The van der Waals surface area contributed by atoms with Gasteiger partial charge in [0.2, 0.25) is 0 Å². The molecule has 0 saturated carbocycles. The molecular formula is C17H29NO2. The number of hydrogen-bond donors (Lipinski definition) is 1. The van der Waals surface area contributed by atoms with Gasteiger partial charge in [0.25, 0.3) is 0 Å². The summed E-state index contributed by atoms with van der Waals surface area (Å²) in [6.45, 7) is 9.64. The predicted molar refractivity (Wildman–Crippen MR) is 84.4 cm³/mol. The Hall–Kier alpha value is -0.900. The van der Waals surface area contributed by atoms with Crippen LogP contribution in [0.3, 0.4) is 0 Å². The number of methoxy groups -OCH3 is 1. The first-order chi connectivity index (χ1) is 9.69. The van der Waals surface area contributed by atoms with Crippen molar-refractivity contribution >= 4 is 0 Å². The summed E-state index contributed by atoms with van der Waals surface area (Å²) in [7, 11) is 1.70. The lowest BCUT2D eigenvalue weighted by Crippen LogP contribution is -2.36. The zero-order chi connectivity index (χ0) is 14.8. The van der Waals surface area contributed by atoms with Gasteiger partial charge in [-0.25, -0.2) is 0 Å². The van der Waals surface area contributed by atoms with Gasteiger partial charge >= 0.3 is 0 Å². The molecule has 0 aliphatic carbocycles. The number of ether oxygens (including phenoxy) is 2. The van der Waals surface area contributed by atoms with Gasteiger partial charge in [-0.05, 0) is 49.9 Å². The zero-order valence-electron chi connectivity index (χ0n) is 13.4. The fourth-order valence-electron chi connectivity index (χ4n) is 2.32. The Bertz CT molecular complexity index is 359. The molecule has 0 aliphatic heterocycles. The molecule has 0 spiro atoms. The number of hydrogen-bond acceptors (Lipinski definition) is 3. The number of rotatable bonds is 10. The van der Waals surface area contributed by atoms with Gasteiger partial charge in [0.1, 0.15) is 0 Å². The van der Waals surface area contributed by atoms with Crippen LogP contribution in [-0.2, 0) is 15.9 Å². The molecule has 0 aromatic heterocycles. The van der Waals surface area contributed by atoms with Crippen LogP contribution in [0, 0.1) is 13.8 Å². The van der Waals surface area contributed by atoms with Crippen molar-refractivity contribution in [1.29, 1.82) is 0 Å². The first-order valence-electron chi connectivity index (χ1n) is 7.54. The monoisotopic (exact) mass is 279 g/mol. The summed E-state index contributed by atoms with van der Waals surface area (Å²) >= 11 is 0. The topological polar surface area (TPSA) is 30.5 Å². The van der Waals surface area contributed by atoms with Crippen molar-refractivity contribution in [3.63, 3.8) is 0 Å². The highest BCUT2D eigenvalue weighted by Gasteiger charge is 2.12. The van der Waals surface area contributed by atoms with Gasteiger partial charge < -0.3 is 14.8 Å². The van der Waals surface area contributed by atoms with E-state index in [4.69, 9.17) is 9.47 Å². The molecule has 0 heterocycles. The molecule has 114 valence electrons. The third kappa shape index (κ3) is 6.04. The van der Waals surface area contributed by atoms with Gasteiger partial charge in [-0.1, -0.05) is 25.1 Å². The van der Waals surface area contributed by atoms with Crippen LogP contribution in [0.15, 0.2) is 18.2 Å². The Kier molecular flexibility index (Phi) is 8.51. The van der Waals surface area contributed by atoms with Gasteiger partial charge in [0.05, 0.1) is 19.8 Å². The maximum absolute atomic E-state index is 5.70. The molecule has 0 radical (unpaired) electrons. The van der Waals surface area contributed by atoms with Crippen LogP contribution in [0.2, 0.25) is 0 Å². The molecule has 1 atom stereocenters. The average molecular weight is 279 g/mol. The van der Waals surface area contributed by atoms with Crippen molar-refractivity contribution in [2.45, 2.75) is 39.7 Å². The van der Waals surface area contributed by atoms with Crippen LogP contribution in [0.1, 0.15) is 30.0 Å². The molecule has 0 aliphatic rings. The molecule has 0 bridgehead atoms. The van der Waals surface area contributed by atoms with Crippen LogP contribution in [-0.4, -0.2) is 39.5 Å². The molecule has 1 unspecified atom stereocenters. The number of aryl methyl sites for hydroxylation is 2. The summed E-state index contributed by atoms with van der Waals surface area (Å²) in [4.78, 5) is 0. The fraction of sp³-hybridized carbons (Fsp3) is 0.647. The highest BCUT2D eigenvalue weighted by molar-refractivity contribution is 5.34. The molecule has 1 aromatic carbocycles. The summed E-state index contributed by atoms with van der Waals surface area (Å²) in [6, 6.07) is 6.86. The maximum Gasteiger partial charge on any atom is 0.0701 e. The number of nitrogens with one attached hydrogen (secondary N) is 1. The van der Waals surface area contributed by atoms with Crippen molar-refractivity contribution in [3.8, 4) is 0 Å². The highest BCUT2D eigenvalue weighted by Crippen LogP contribution is 2.15. The lowest BCUT2D eigenvalue weighted by atomic mass is 9.96. The number of benzene rings is 1. The van der Waals surface area contributed by atoms with Gasteiger partial charge in [0.15, 0.2) is 0 Å². The Morgan fingerprint density at radius 2 is 1.85 bits per heavy atom. The molecule has 20 heavy (non-hydrogen) atoms. The maximum atomic E-state index is 5.70. The molecule has 3 heteroatoms. The second-order valence-corrected chi connectivity index (χ2v) is 5.29. The van der Waals surface area contributed by atoms with E-state index in [0.717, 1.165) is 26.0 Å².